The highest BCUT2D eigenvalue weighted by Crippen LogP contribution is 2.65. The first-order valence-corrected chi connectivity index (χ1v) is 15.4. The van der Waals surface area contributed by atoms with E-state index in [1.165, 1.54) is 11.3 Å². The van der Waals surface area contributed by atoms with Gasteiger partial charge in [0.15, 0.2) is 5.01 Å². The van der Waals surface area contributed by atoms with Crippen LogP contribution in [0.2, 0.25) is 0 Å². The van der Waals surface area contributed by atoms with Crippen LogP contribution in [0.1, 0.15) is 56.8 Å². The van der Waals surface area contributed by atoms with E-state index in [4.69, 9.17) is 0 Å². The number of amides is 4. The molecule has 11 heteroatoms. The first kappa shape index (κ1) is 27.8. The fraction of sp³-hybridized carbons (Fsp3) is 0.600. The number of carbonyl (C=O) groups excluding carboxylic acids is 5. The third-order valence-corrected chi connectivity index (χ3v) is 10.8. The summed E-state index contributed by atoms with van der Waals surface area (Å²) in [5, 5.41) is 6.09. The van der Waals surface area contributed by atoms with E-state index in [1.54, 1.807) is 9.80 Å². The second-order valence-corrected chi connectivity index (χ2v) is 13.9. The Balaban J connectivity index is 1.25. The number of benzene rings is 1. The molecule has 0 spiro atoms. The van der Waals surface area contributed by atoms with Crippen molar-refractivity contribution in [3.8, 4) is 0 Å². The molecule has 0 radical (unpaired) electrons. The van der Waals surface area contributed by atoms with E-state index in [-0.39, 0.29) is 70.6 Å². The molecule has 1 aliphatic carbocycles. The quantitative estimate of drug-likeness (QED) is 0.462. The number of piperidine rings is 1. The maximum atomic E-state index is 14.1. The fourth-order valence-electron chi connectivity index (χ4n) is 7.21. The van der Waals surface area contributed by atoms with Gasteiger partial charge in [-0.3, -0.25) is 24.0 Å². The summed E-state index contributed by atoms with van der Waals surface area (Å²) in [7, 11) is 0. The smallest absolute Gasteiger partial charge is 0.243 e. The normalized spacial score (nSPS) is 29.1. The maximum absolute atomic E-state index is 14.1. The van der Waals surface area contributed by atoms with E-state index in [9.17, 15) is 24.0 Å². The van der Waals surface area contributed by atoms with Crippen LogP contribution in [0.25, 0.3) is 10.2 Å². The van der Waals surface area contributed by atoms with Gasteiger partial charge in [0.1, 0.15) is 6.04 Å². The van der Waals surface area contributed by atoms with Crippen LogP contribution in [0.3, 0.4) is 0 Å². The predicted octanol–water partition coefficient (Wildman–Crippen LogP) is 2.23. The third-order valence-electron chi connectivity index (χ3n) is 9.71. The Labute approximate surface area is 243 Å². The van der Waals surface area contributed by atoms with Crippen molar-refractivity contribution in [2.75, 3.05) is 19.6 Å². The van der Waals surface area contributed by atoms with Gasteiger partial charge >= 0.3 is 0 Å². The fourth-order valence-corrected chi connectivity index (χ4v) is 8.17. The van der Waals surface area contributed by atoms with Gasteiger partial charge in [-0.25, -0.2) is 4.98 Å². The van der Waals surface area contributed by atoms with Crippen molar-refractivity contribution in [1.29, 1.82) is 0 Å². The average Bonchev–Trinajstić information content (AvgIpc) is 3.55. The topological polar surface area (TPSA) is 129 Å². The van der Waals surface area contributed by atoms with E-state index in [0.717, 1.165) is 4.70 Å². The Morgan fingerprint density at radius 1 is 1.17 bits per heavy atom. The van der Waals surface area contributed by atoms with E-state index >= 15 is 0 Å². The number of nitrogens with zero attached hydrogens (tertiary/aromatic N) is 3. The van der Waals surface area contributed by atoms with Crippen LogP contribution in [0, 0.1) is 29.1 Å². The summed E-state index contributed by atoms with van der Waals surface area (Å²) in [6.07, 6.45) is 0.910. The number of fused-ring (bicyclic) bond motifs is 2. The average molecular weight is 580 g/mol. The Morgan fingerprint density at radius 2 is 1.93 bits per heavy atom. The third kappa shape index (κ3) is 4.81. The second-order valence-electron chi connectivity index (χ2n) is 12.9. The summed E-state index contributed by atoms with van der Waals surface area (Å²) in [5.41, 5.74) is 0.604. The number of carbonyl (C=O) groups is 5. The van der Waals surface area contributed by atoms with Gasteiger partial charge in [0.25, 0.3) is 0 Å². The molecule has 0 bridgehead atoms. The summed E-state index contributed by atoms with van der Waals surface area (Å²) in [5.74, 6) is -1.76. The molecular weight excluding hydrogens is 542 g/mol. The zero-order chi connectivity index (χ0) is 29.2. The number of thiazole rings is 1. The number of ketones is 1. The Bertz CT molecular complexity index is 1400. The highest BCUT2D eigenvalue weighted by molar-refractivity contribution is 7.20. The zero-order valence-electron chi connectivity index (χ0n) is 23.9. The molecular formula is C30H37N5O5S. The molecule has 218 valence electrons. The lowest BCUT2D eigenvalue weighted by Crippen LogP contribution is -2.55. The minimum atomic E-state index is -0.945. The predicted molar refractivity (Wildman–Crippen MR) is 153 cm³/mol. The second kappa shape index (κ2) is 10.2. The highest BCUT2D eigenvalue weighted by Gasteiger charge is 2.69. The summed E-state index contributed by atoms with van der Waals surface area (Å²) >= 11 is 1.27. The number of hydrogen-bond donors (Lipinski definition) is 2. The van der Waals surface area contributed by atoms with Crippen LogP contribution in [0.5, 0.6) is 0 Å². The van der Waals surface area contributed by atoms with Gasteiger partial charge in [0.2, 0.25) is 29.4 Å². The molecule has 3 saturated heterocycles. The van der Waals surface area contributed by atoms with E-state index < -0.39 is 23.9 Å². The van der Waals surface area contributed by atoms with Gasteiger partial charge in [-0.1, -0.05) is 26.0 Å². The summed E-state index contributed by atoms with van der Waals surface area (Å²) in [4.78, 5) is 74.5. The number of likely N-dealkylation sites (tertiary alicyclic amines) is 2. The van der Waals surface area contributed by atoms with Crippen LogP contribution in [0.15, 0.2) is 24.3 Å². The molecule has 4 fully saturated rings. The number of para-hydroxylation sites is 1. The Hall–Kier alpha value is -3.34. The van der Waals surface area contributed by atoms with Crippen molar-refractivity contribution in [3.63, 3.8) is 0 Å². The van der Waals surface area contributed by atoms with Crippen molar-refractivity contribution in [1.82, 2.24) is 25.4 Å². The molecule has 1 aromatic carbocycles. The molecule has 1 saturated carbocycles. The van der Waals surface area contributed by atoms with Crippen LogP contribution in [-0.2, 0) is 19.2 Å². The van der Waals surface area contributed by atoms with Gasteiger partial charge in [-0.2, -0.15) is 0 Å². The van der Waals surface area contributed by atoms with Crippen LogP contribution >= 0.6 is 11.3 Å². The van der Waals surface area contributed by atoms with Crippen LogP contribution < -0.4 is 10.6 Å². The minimum Gasteiger partial charge on any atom is -0.356 e. The maximum Gasteiger partial charge on any atom is 0.243 e. The number of Topliss-reactive ketones (excluding diaryl/α,β-unsaturated/α-hetero) is 1. The zero-order valence-corrected chi connectivity index (χ0v) is 24.7. The summed E-state index contributed by atoms with van der Waals surface area (Å²) in [6, 6.07) is 5.81. The molecule has 41 heavy (non-hydrogen) atoms. The lowest BCUT2D eigenvalue weighted by molar-refractivity contribution is -0.143. The van der Waals surface area contributed by atoms with Crippen LogP contribution in [0.4, 0.5) is 0 Å². The number of nitrogens with one attached hydrogen (secondary N) is 2. The van der Waals surface area contributed by atoms with Crippen molar-refractivity contribution in [2.24, 2.45) is 29.1 Å². The van der Waals surface area contributed by atoms with Crippen molar-refractivity contribution < 1.29 is 24.0 Å². The largest absolute Gasteiger partial charge is 0.356 e. The van der Waals surface area contributed by atoms with Gasteiger partial charge in [-0.05, 0) is 56.1 Å². The monoisotopic (exact) mass is 579 g/mol. The molecule has 2 aromatic rings. The SMILES string of the molecule is CC(C)N1C[C@H](C(=O)N2CC3C(C2C(=O)N[C@@H](C[C@@H]2CCNC2=O)C(=O)c2nc4ccccc4s2)C3(C)C)CC1=O. The molecule has 6 atom stereocenters. The van der Waals surface area contributed by atoms with Gasteiger partial charge in [-0.15, -0.1) is 11.3 Å². The van der Waals surface area contributed by atoms with E-state index in [0.29, 0.717) is 31.6 Å². The minimum absolute atomic E-state index is 0.00683. The lowest BCUT2D eigenvalue weighted by atomic mass is 9.94. The molecule has 6 rings (SSSR count). The molecule has 4 heterocycles. The lowest BCUT2D eigenvalue weighted by Gasteiger charge is -2.33. The summed E-state index contributed by atoms with van der Waals surface area (Å²) < 4.78 is 0.872. The first-order valence-electron chi connectivity index (χ1n) is 14.5. The molecule has 10 nitrogen and oxygen atoms in total. The van der Waals surface area contributed by atoms with Gasteiger partial charge < -0.3 is 20.4 Å². The van der Waals surface area contributed by atoms with Crippen molar-refractivity contribution in [3.05, 3.63) is 29.3 Å². The van der Waals surface area contributed by atoms with Crippen molar-refractivity contribution in [2.45, 2.75) is 65.1 Å². The highest BCUT2D eigenvalue weighted by atomic mass is 32.1. The summed E-state index contributed by atoms with van der Waals surface area (Å²) in [6.45, 7) is 9.43. The molecule has 1 aromatic heterocycles. The van der Waals surface area contributed by atoms with E-state index in [2.05, 4.69) is 29.5 Å². The molecule has 3 unspecified atom stereocenters. The standard InChI is InChI=1S/C30H37N5O5S/c1-15(2)34-13-17(12-22(34)36)29(40)35-14-18-23(30(18,3)4)24(35)27(39)32-20(11-16-9-10-31-26(16)38)25(37)28-33-19-7-5-6-8-21(19)41-28/h5-8,15-18,20,23-24H,9-14H2,1-4H3,(H,31,38)(H,32,39)/t16-,17+,18?,20-,23?,24?/m0/s1. The number of rotatable bonds is 8. The first-order chi connectivity index (χ1) is 19.5. The Morgan fingerprint density at radius 3 is 2.59 bits per heavy atom. The number of aromatic nitrogens is 1. The molecule has 4 amide bonds. The molecule has 4 aliphatic rings. The van der Waals surface area contributed by atoms with Crippen LogP contribution in [-0.4, -0.2) is 82.0 Å². The van der Waals surface area contributed by atoms with Gasteiger partial charge in [0.05, 0.1) is 22.2 Å². The van der Waals surface area contributed by atoms with Crippen molar-refractivity contribution >= 4 is 51.0 Å². The molecule has 3 aliphatic heterocycles. The molecule has 2 N–H and O–H groups in total. The Kier molecular flexibility index (Phi) is 6.91. The number of hydrogen-bond acceptors (Lipinski definition) is 7. The van der Waals surface area contributed by atoms with Gasteiger partial charge in [0, 0.05) is 38.0 Å². The van der Waals surface area contributed by atoms with E-state index in [1.807, 2.05) is 38.1 Å².